The molecule has 0 radical (unpaired) electrons. The summed E-state index contributed by atoms with van der Waals surface area (Å²) in [6, 6.07) is 8.99. The van der Waals surface area contributed by atoms with E-state index >= 15 is 0 Å². The first-order chi connectivity index (χ1) is 8.59. The second kappa shape index (κ2) is 5.04. The van der Waals surface area contributed by atoms with E-state index in [0.29, 0.717) is 11.4 Å². The molecule has 0 unspecified atom stereocenters. The molecule has 0 aliphatic carbocycles. The molecule has 2 nitrogen and oxygen atoms in total. The second-order valence-corrected chi connectivity index (χ2v) is 3.98. The number of ether oxygens (including phenoxy) is 1. The molecule has 0 heterocycles. The third-order valence-electron chi connectivity index (χ3n) is 2.72. The first kappa shape index (κ1) is 12.4. The normalized spacial score (nSPS) is 10.4. The van der Waals surface area contributed by atoms with Gasteiger partial charge < -0.3 is 10.5 Å². The van der Waals surface area contributed by atoms with Crippen LogP contribution in [0.1, 0.15) is 11.1 Å². The van der Waals surface area contributed by atoms with E-state index in [1.165, 1.54) is 18.2 Å². The van der Waals surface area contributed by atoms with E-state index in [-0.39, 0.29) is 12.2 Å². The van der Waals surface area contributed by atoms with E-state index in [4.69, 9.17) is 10.5 Å². The van der Waals surface area contributed by atoms with Crippen molar-refractivity contribution in [3.8, 4) is 5.75 Å². The third kappa shape index (κ3) is 2.42. The van der Waals surface area contributed by atoms with E-state index in [1.807, 2.05) is 13.0 Å². The van der Waals surface area contributed by atoms with Gasteiger partial charge in [-0.05, 0) is 30.7 Å². The summed E-state index contributed by atoms with van der Waals surface area (Å²) in [7, 11) is 0. The molecule has 0 aromatic heterocycles. The molecule has 94 valence electrons. The predicted molar refractivity (Wildman–Crippen MR) is 66.3 cm³/mol. The quantitative estimate of drug-likeness (QED) is 0.846. The highest BCUT2D eigenvalue weighted by Gasteiger charge is 2.10. The number of benzene rings is 2. The lowest BCUT2D eigenvalue weighted by Crippen LogP contribution is -2.04. The SMILES string of the molecule is Cc1cccc(OCc2c(F)cccc2F)c1N. The maximum Gasteiger partial charge on any atom is 0.142 e. The average Bonchev–Trinajstić information content (AvgIpc) is 2.33. The van der Waals surface area contributed by atoms with Crippen molar-refractivity contribution in [3.63, 3.8) is 0 Å². The first-order valence-electron chi connectivity index (χ1n) is 5.50. The Morgan fingerprint density at radius 3 is 2.33 bits per heavy atom. The maximum atomic E-state index is 13.4. The van der Waals surface area contributed by atoms with Crippen LogP contribution in [0.4, 0.5) is 14.5 Å². The number of anilines is 1. The average molecular weight is 249 g/mol. The summed E-state index contributed by atoms with van der Waals surface area (Å²) >= 11 is 0. The van der Waals surface area contributed by atoms with Gasteiger partial charge in [-0.1, -0.05) is 18.2 Å². The fourth-order valence-corrected chi connectivity index (χ4v) is 1.60. The second-order valence-electron chi connectivity index (χ2n) is 3.98. The molecular weight excluding hydrogens is 236 g/mol. The van der Waals surface area contributed by atoms with Gasteiger partial charge in [0.1, 0.15) is 24.0 Å². The number of halogens is 2. The molecule has 0 amide bonds. The van der Waals surface area contributed by atoms with E-state index in [9.17, 15) is 8.78 Å². The van der Waals surface area contributed by atoms with Gasteiger partial charge in [-0.2, -0.15) is 0 Å². The van der Waals surface area contributed by atoms with E-state index < -0.39 is 11.6 Å². The Labute approximate surface area is 104 Å². The molecule has 0 saturated carbocycles. The smallest absolute Gasteiger partial charge is 0.142 e. The predicted octanol–water partition coefficient (Wildman–Crippen LogP) is 3.43. The molecule has 2 N–H and O–H groups in total. The highest BCUT2D eigenvalue weighted by atomic mass is 19.1. The van der Waals surface area contributed by atoms with Gasteiger partial charge in [0.05, 0.1) is 11.3 Å². The zero-order valence-corrected chi connectivity index (χ0v) is 9.91. The van der Waals surface area contributed by atoms with Crippen LogP contribution >= 0.6 is 0 Å². The maximum absolute atomic E-state index is 13.4. The Kier molecular flexibility index (Phi) is 3.46. The minimum atomic E-state index is -0.624. The highest BCUT2D eigenvalue weighted by Crippen LogP contribution is 2.25. The van der Waals surface area contributed by atoms with Crippen LogP contribution in [-0.2, 0) is 6.61 Å². The van der Waals surface area contributed by atoms with Crippen molar-refractivity contribution in [1.82, 2.24) is 0 Å². The van der Waals surface area contributed by atoms with Gasteiger partial charge in [0, 0.05) is 0 Å². The van der Waals surface area contributed by atoms with Gasteiger partial charge in [0.25, 0.3) is 0 Å². The minimum Gasteiger partial charge on any atom is -0.487 e. The molecule has 4 heteroatoms. The Balaban J connectivity index is 2.19. The van der Waals surface area contributed by atoms with Gasteiger partial charge >= 0.3 is 0 Å². The summed E-state index contributed by atoms with van der Waals surface area (Å²) in [5, 5.41) is 0. The summed E-state index contributed by atoms with van der Waals surface area (Å²) in [6.45, 7) is 1.65. The van der Waals surface area contributed by atoms with Crippen LogP contribution in [0.25, 0.3) is 0 Å². The van der Waals surface area contributed by atoms with Crippen LogP contribution in [0.15, 0.2) is 36.4 Å². The van der Waals surface area contributed by atoms with Crippen LogP contribution in [0.2, 0.25) is 0 Å². The molecule has 0 fully saturated rings. The summed E-state index contributed by atoms with van der Waals surface area (Å²) < 4.78 is 32.1. The fraction of sp³-hybridized carbons (Fsp3) is 0.143. The van der Waals surface area contributed by atoms with Crippen LogP contribution in [0.5, 0.6) is 5.75 Å². The molecule has 0 atom stereocenters. The van der Waals surface area contributed by atoms with Crippen LogP contribution in [0, 0.1) is 18.6 Å². The van der Waals surface area contributed by atoms with Crippen molar-refractivity contribution in [3.05, 3.63) is 59.2 Å². The standard InChI is InChI=1S/C14H13F2NO/c1-9-4-2-7-13(14(9)17)18-8-10-11(15)5-3-6-12(10)16/h2-7H,8,17H2,1H3. The molecule has 0 bridgehead atoms. The third-order valence-corrected chi connectivity index (χ3v) is 2.72. The fourth-order valence-electron chi connectivity index (χ4n) is 1.60. The van der Waals surface area contributed by atoms with Gasteiger partial charge in [-0.25, -0.2) is 8.78 Å². The van der Waals surface area contributed by atoms with Crippen LogP contribution in [0.3, 0.4) is 0 Å². The Hall–Kier alpha value is -2.10. The molecule has 0 spiro atoms. The van der Waals surface area contributed by atoms with Crippen molar-refractivity contribution >= 4 is 5.69 Å². The summed E-state index contributed by atoms with van der Waals surface area (Å²) in [5.41, 5.74) is 7.05. The lowest BCUT2D eigenvalue weighted by atomic mass is 10.2. The molecular formula is C14H13F2NO. The lowest BCUT2D eigenvalue weighted by Gasteiger charge is -2.11. The summed E-state index contributed by atoms with van der Waals surface area (Å²) in [6.07, 6.45) is 0. The number of hydrogen-bond donors (Lipinski definition) is 1. The van der Waals surface area contributed by atoms with Gasteiger partial charge in [-0.15, -0.1) is 0 Å². The van der Waals surface area contributed by atoms with E-state index in [1.54, 1.807) is 12.1 Å². The Morgan fingerprint density at radius 1 is 1.06 bits per heavy atom. The summed E-state index contributed by atoms with van der Waals surface area (Å²) in [5.74, 6) is -0.819. The zero-order valence-electron chi connectivity index (χ0n) is 9.91. The van der Waals surface area contributed by atoms with Gasteiger partial charge in [-0.3, -0.25) is 0 Å². The molecule has 2 rings (SSSR count). The van der Waals surface area contributed by atoms with E-state index in [0.717, 1.165) is 5.56 Å². The zero-order chi connectivity index (χ0) is 13.1. The Morgan fingerprint density at radius 2 is 1.67 bits per heavy atom. The van der Waals surface area contributed by atoms with Crippen LogP contribution in [-0.4, -0.2) is 0 Å². The number of para-hydroxylation sites is 1. The van der Waals surface area contributed by atoms with Crippen molar-refractivity contribution in [1.29, 1.82) is 0 Å². The number of nitrogens with two attached hydrogens (primary N) is 1. The topological polar surface area (TPSA) is 35.2 Å². The van der Waals surface area contributed by atoms with Crippen molar-refractivity contribution in [2.75, 3.05) is 5.73 Å². The highest BCUT2D eigenvalue weighted by molar-refractivity contribution is 5.57. The molecule has 0 saturated heterocycles. The van der Waals surface area contributed by atoms with E-state index in [2.05, 4.69) is 0 Å². The monoisotopic (exact) mass is 249 g/mol. The van der Waals surface area contributed by atoms with Crippen molar-refractivity contribution in [2.45, 2.75) is 13.5 Å². The first-order valence-corrected chi connectivity index (χ1v) is 5.50. The lowest BCUT2D eigenvalue weighted by molar-refractivity contribution is 0.294. The minimum absolute atomic E-state index is 0.0987. The molecule has 2 aromatic rings. The molecule has 0 aliphatic heterocycles. The van der Waals surface area contributed by atoms with Gasteiger partial charge in [0.2, 0.25) is 0 Å². The number of hydrogen-bond acceptors (Lipinski definition) is 2. The summed E-state index contributed by atoms with van der Waals surface area (Å²) in [4.78, 5) is 0. The van der Waals surface area contributed by atoms with Gasteiger partial charge in [0.15, 0.2) is 0 Å². The van der Waals surface area contributed by atoms with Crippen molar-refractivity contribution in [2.24, 2.45) is 0 Å². The number of nitrogen functional groups attached to an aromatic ring is 1. The van der Waals surface area contributed by atoms with Crippen LogP contribution < -0.4 is 10.5 Å². The molecule has 2 aromatic carbocycles. The largest absolute Gasteiger partial charge is 0.487 e. The molecule has 18 heavy (non-hydrogen) atoms. The Bertz CT molecular complexity index is 549. The number of aryl methyl sites for hydroxylation is 1. The number of rotatable bonds is 3. The van der Waals surface area contributed by atoms with Crippen molar-refractivity contribution < 1.29 is 13.5 Å². The molecule has 0 aliphatic rings.